The second kappa shape index (κ2) is 8.89. The van der Waals surface area contributed by atoms with E-state index in [1.807, 2.05) is 50.2 Å². The van der Waals surface area contributed by atoms with E-state index in [0.717, 1.165) is 21.7 Å². The number of nitrogens with one attached hydrogen (secondary N) is 1. The molecule has 0 saturated heterocycles. The Morgan fingerprint density at radius 2 is 1.91 bits per heavy atom. The first kappa shape index (κ1) is 17.8. The summed E-state index contributed by atoms with van der Waals surface area (Å²) in [6.45, 7) is 5.26. The fourth-order valence-corrected chi connectivity index (χ4v) is 2.48. The molecule has 0 aliphatic carbocycles. The number of carbonyl (C=O) groups excluding carboxylic acids is 1. The Kier molecular flexibility index (Phi) is 6.86. The topological polar surface area (TPSA) is 47.6 Å². The van der Waals surface area contributed by atoms with Crippen LogP contribution in [-0.2, 0) is 9.53 Å². The second-order valence-electron chi connectivity index (χ2n) is 5.57. The summed E-state index contributed by atoms with van der Waals surface area (Å²) in [5.41, 5.74) is 0. The summed E-state index contributed by atoms with van der Waals surface area (Å²) >= 11 is 3.45. The normalized spacial score (nSPS) is 11.0. The summed E-state index contributed by atoms with van der Waals surface area (Å²) in [6, 6.07) is 11.8. The first-order valence-corrected chi connectivity index (χ1v) is 8.54. The number of carbonyl (C=O) groups is 1. The highest BCUT2D eigenvalue weighted by molar-refractivity contribution is 9.10. The molecule has 2 rings (SSSR count). The highest BCUT2D eigenvalue weighted by Gasteiger charge is 2.04. The van der Waals surface area contributed by atoms with Gasteiger partial charge in [0.2, 0.25) is 0 Å². The van der Waals surface area contributed by atoms with Crippen molar-refractivity contribution >= 4 is 32.6 Å². The van der Waals surface area contributed by atoms with Gasteiger partial charge in [0.05, 0.1) is 6.10 Å². The molecule has 0 heterocycles. The van der Waals surface area contributed by atoms with Gasteiger partial charge in [0.25, 0.3) is 5.91 Å². The lowest BCUT2D eigenvalue weighted by molar-refractivity contribution is -0.123. The molecule has 0 aliphatic heterocycles. The smallest absolute Gasteiger partial charge is 0.257 e. The molecule has 0 bridgehead atoms. The van der Waals surface area contributed by atoms with Crippen LogP contribution in [0.25, 0.3) is 10.8 Å². The van der Waals surface area contributed by atoms with Gasteiger partial charge in [-0.1, -0.05) is 28.1 Å². The number of hydrogen-bond acceptors (Lipinski definition) is 3. The van der Waals surface area contributed by atoms with E-state index in [9.17, 15) is 4.79 Å². The molecular formula is C18H22BrNO3. The number of benzene rings is 2. The van der Waals surface area contributed by atoms with Crippen LogP contribution in [-0.4, -0.2) is 31.8 Å². The predicted molar refractivity (Wildman–Crippen MR) is 95.9 cm³/mol. The number of ether oxygens (including phenoxy) is 2. The zero-order valence-corrected chi connectivity index (χ0v) is 15.1. The van der Waals surface area contributed by atoms with Crippen LogP contribution >= 0.6 is 15.9 Å². The highest BCUT2D eigenvalue weighted by atomic mass is 79.9. The molecule has 0 saturated carbocycles. The molecule has 0 atom stereocenters. The number of halogens is 1. The average Bonchev–Trinajstić information content (AvgIpc) is 2.52. The van der Waals surface area contributed by atoms with Gasteiger partial charge in [-0.05, 0) is 55.3 Å². The zero-order chi connectivity index (χ0) is 16.7. The minimum atomic E-state index is -0.120. The first-order valence-electron chi connectivity index (χ1n) is 7.75. The summed E-state index contributed by atoms with van der Waals surface area (Å²) in [6.07, 6.45) is 1.02. The minimum Gasteiger partial charge on any atom is -0.484 e. The van der Waals surface area contributed by atoms with Crippen molar-refractivity contribution in [1.82, 2.24) is 5.32 Å². The van der Waals surface area contributed by atoms with Crippen molar-refractivity contribution in [2.24, 2.45) is 0 Å². The van der Waals surface area contributed by atoms with Crippen molar-refractivity contribution in [1.29, 1.82) is 0 Å². The van der Waals surface area contributed by atoms with Gasteiger partial charge in [-0.15, -0.1) is 0 Å². The van der Waals surface area contributed by atoms with E-state index in [1.54, 1.807) is 0 Å². The van der Waals surface area contributed by atoms with Crippen molar-refractivity contribution in [3.63, 3.8) is 0 Å². The van der Waals surface area contributed by atoms with E-state index < -0.39 is 0 Å². The zero-order valence-electron chi connectivity index (χ0n) is 13.5. The number of amides is 1. The third-order valence-electron chi connectivity index (χ3n) is 3.24. The molecule has 23 heavy (non-hydrogen) atoms. The Morgan fingerprint density at radius 1 is 1.17 bits per heavy atom. The fraction of sp³-hybridized carbons (Fsp3) is 0.389. The quantitative estimate of drug-likeness (QED) is 0.707. The Morgan fingerprint density at radius 3 is 2.70 bits per heavy atom. The monoisotopic (exact) mass is 379 g/mol. The maximum Gasteiger partial charge on any atom is 0.257 e. The Labute approximate surface area is 145 Å². The van der Waals surface area contributed by atoms with Crippen LogP contribution in [0.1, 0.15) is 20.3 Å². The van der Waals surface area contributed by atoms with E-state index in [0.29, 0.717) is 18.9 Å². The Hall–Kier alpha value is -1.59. The molecule has 4 nitrogen and oxygen atoms in total. The number of rotatable bonds is 8. The molecular weight excluding hydrogens is 358 g/mol. The van der Waals surface area contributed by atoms with Crippen molar-refractivity contribution in [3.8, 4) is 5.75 Å². The van der Waals surface area contributed by atoms with Gasteiger partial charge < -0.3 is 14.8 Å². The summed E-state index contributed by atoms with van der Waals surface area (Å²) < 4.78 is 12.0. The third-order valence-corrected chi connectivity index (χ3v) is 3.73. The molecule has 2 aromatic rings. The second-order valence-corrected chi connectivity index (χ2v) is 6.48. The molecule has 0 spiro atoms. The summed E-state index contributed by atoms with van der Waals surface area (Å²) in [5.74, 6) is 0.573. The van der Waals surface area contributed by atoms with Crippen LogP contribution in [0.5, 0.6) is 5.75 Å². The maximum absolute atomic E-state index is 11.7. The molecule has 1 N–H and O–H groups in total. The van der Waals surface area contributed by atoms with E-state index >= 15 is 0 Å². The summed E-state index contributed by atoms with van der Waals surface area (Å²) in [7, 11) is 0. The SMILES string of the molecule is CC(C)OCCCNC(=O)COc1ccc2cc(Br)ccc2c1. The van der Waals surface area contributed by atoms with Crippen LogP contribution in [0.2, 0.25) is 0 Å². The molecule has 124 valence electrons. The Balaban J connectivity index is 1.75. The number of fused-ring (bicyclic) bond motifs is 1. The molecule has 2 aromatic carbocycles. The molecule has 0 radical (unpaired) electrons. The van der Waals surface area contributed by atoms with E-state index in [-0.39, 0.29) is 18.6 Å². The van der Waals surface area contributed by atoms with Crippen molar-refractivity contribution in [2.45, 2.75) is 26.4 Å². The lowest BCUT2D eigenvalue weighted by Crippen LogP contribution is -2.30. The standard InChI is InChI=1S/C18H22BrNO3/c1-13(2)22-9-3-8-20-18(21)12-23-17-7-5-14-10-16(19)6-4-15(14)11-17/h4-7,10-11,13H,3,8-9,12H2,1-2H3,(H,20,21). The average molecular weight is 380 g/mol. The molecule has 0 aromatic heterocycles. The van der Waals surface area contributed by atoms with Gasteiger partial charge >= 0.3 is 0 Å². The highest BCUT2D eigenvalue weighted by Crippen LogP contribution is 2.24. The van der Waals surface area contributed by atoms with Crippen molar-refractivity contribution in [2.75, 3.05) is 19.8 Å². The lowest BCUT2D eigenvalue weighted by atomic mass is 10.1. The largest absolute Gasteiger partial charge is 0.484 e. The van der Waals surface area contributed by atoms with Crippen LogP contribution < -0.4 is 10.1 Å². The van der Waals surface area contributed by atoms with E-state index in [2.05, 4.69) is 21.2 Å². The van der Waals surface area contributed by atoms with Crippen LogP contribution in [0.3, 0.4) is 0 Å². The molecule has 5 heteroatoms. The van der Waals surface area contributed by atoms with Crippen LogP contribution in [0.15, 0.2) is 40.9 Å². The molecule has 1 amide bonds. The number of hydrogen-bond donors (Lipinski definition) is 1. The molecule has 0 aliphatic rings. The maximum atomic E-state index is 11.7. The summed E-state index contributed by atoms with van der Waals surface area (Å²) in [5, 5.41) is 5.03. The van der Waals surface area contributed by atoms with E-state index in [1.165, 1.54) is 0 Å². The fourth-order valence-electron chi connectivity index (χ4n) is 2.10. The lowest BCUT2D eigenvalue weighted by Gasteiger charge is -2.09. The van der Waals surface area contributed by atoms with E-state index in [4.69, 9.17) is 9.47 Å². The first-order chi connectivity index (χ1) is 11.0. The Bertz CT molecular complexity index is 658. The van der Waals surface area contributed by atoms with Gasteiger partial charge in [-0.2, -0.15) is 0 Å². The predicted octanol–water partition coefficient (Wildman–Crippen LogP) is 3.91. The van der Waals surface area contributed by atoms with Gasteiger partial charge in [0.15, 0.2) is 6.61 Å². The molecule has 0 fully saturated rings. The minimum absolute atomic E-state index is 0.0209. The molecule has 0 unspecified atom stereocenters. The van der Waals surface area contributed by atoms with Crippen molar-refractivity contribution in [3.05, 3.63) is 40.9 Å². The summed E-state index contributed by atoms with van der Waals surface area (Å²) in [4.78, 5) is 11.7. The van der Waals surface area contributed by atoms with Gasteiger partial charge in [-0.3, -0.25) is 4.79 Å². The van der Waals surface area contributed by atoms with Crippen molar-refractivity contribution < 1.29 is 14.3 Å². The van der Waals surface area contributed by atoms with Crippen LogP contribution in [0.4, 0.5) is 0 Å². The third kappa shape index (κ3) is 6.20. The van der Waals surface area contributed by atoms with Gasteiger partial charge in [-0.25, -0.2) is 0 Å². The van der Waals surface area contributed by atoms with Gasteiger partial charge in [0.1, 0.15) is 5.75 Å². The van der Waals surface area contributed by atoms with Crippen LogP contribution in [0, 0.1) is 0 Å². The van der Waals surface area contributed by atoms with Gasteiger partial charge in [0, 0.05) is 17.6 Å².